The van der Waals surface area contributed by atoms with Crippen molar-refractivity contribution in [3.63, 3.8) is 0 Å². The van der Waals surface area contributed by atoms with Gasteiger partial charge >= 0.3 is 0 Å². The van der Waals surface area contributed by atoms with Gasteiger partial charge in [-0.05, 0) is 59.3 Å². The molecule has 0 aliphatic heterocycles. The van der Waals surface area contributed by atoms with E-state index in [4.69, 9.17) is 0 Å². The summed E-state index contributed by atoms with van der Waals surface area (Å²) in [6, 6.07) is 0.756. The van der Waals surface area contributed by atoms with Gasteiger partial charge in [-0.15, -0.1) is 0 Å². The van der Waals surface area contributed by atoms with Gasteiger partial charge in [-0.2, -0.15) is 0 Å². The minimum Gasteiger partial charge on any atom is -0.320 e. The van der Waals surface area contributed by atoms with Gasteiger partial charge in [-0.3, -0.25) is 0 Å². The summed E-state index contributed by atoms with van der Waals surface area (Å²) < 4.78 is 0. The van der Waals surface area contributed by atoms with Crippen LogP contribution in [0.4, 0.5) is 0 Å². The van der Waals surface area contributed by atoms with Gasteiger partial charge in [0.25, 0.3) is 0 Å². The van der Waals surface area contributed by atoms with E-state index >= 15 is 0 Å². The number of hydrogen-bond donors (Lipinski definition) is 1. The first-order valence-corrected chi connectivity index (χ1v) is 6.64. The zero-order chi connectivity index (χ0) is 11.5. The zero-order valence-corrected chi connectivity index (χ0v) is 11.2. The van der Waals surface area contributed by atoms with Crippen molar-refractivity contribution in [2.24, 2.45) is 0 Å². The molecule has 1 atom stereocenters. The maximum absolute atomic E-state index is 3.21. The highest BCUT2D eigenvalue weighted by Gasteiger charge is 2.10. The van der Waals surface area contributed by atoms with Crippen LogP contribution in [0, 0.1) is 0 Å². The van der Waals surface area contributed by atoms with Crippen LogP contribution >= 0.6 is 0 Å². The van der Waals surface area contributed by atoms with Gasteiger partial charge in [-0.25, -0.2) is 0 Å². The maximum atomic E-state index is 3.21. The Labute approximate surface area is 96.4 Å². The first kappa shape index (κ1) is 14.9. The lowest BCUT2D eigenvalue weighted by Crippen LogP contribution is -2.34. The fraction of sp³-hybridized carbons (Fsp3) is 1.00. The van der Waals surface area contributed by atoms with E-state index in [9.17, 15) is 0 Å². The molecular weight excluding hydrogens is 184 g/mol. The molecule has 0 saturated carbocycles. The quantitative estimate of drug-likeness (QED) is 0.563. The predicted molar refractivity (Wildman–Crippen MR) is 69.4 cm³/mol. The lowest BCUT2D eigenvalue weighted by atomic mass is 10.1. The van der Waals surface area contributed by atoms with E-state index in [1.807, 2.05) is 7.05 Å². The van der Waals surface area contributed by atoms with Gasteiger partial charge in [0.15, 0.2) is 0 Å². The summed E-state index contributed by atoms with van der Waals surface area (Å²) in [7, 11) is 2.03. The minimum absolute atomic E-state index is 0.756. The molecule has 0 fully saturated rings. The van der Waals surface area contributed by atoms with Crippen LogP contribution in [0.3, 0.4) is 0 Å². The second kappa shape index (κ2) is 10.4. The molecule has 15 heavy (non-hydrogen) atoms. The van der Waals surface area contributed by atoms with E-state index in [0.717, 1.165) is 12.6 Å². The molecule has 1 N–H and O–H groups in total. The fourth-order valence-corrected chi connectivity index (χ4v) is 1.79. The minimum atomic E-state index is 0.756. The molecule has 0 heterocycles. The Morgan fingerprint density at radius 3 is 2.27 bits per heavy atom. The van der Waals surface area contributed by atoms with E-state index in [0.29, 0.717) is 0 Å². The number of nitrogens with one attached hydrogen (secondary N) is 1. The maximum Gasteiger partial charge on any atom is 0.00643 e. The van der Waals surface area contributed by atoms with Crippen LogP contribution < -0.4 is 5.32 Å². The lowest BCUT2D eigenvalue weighted by Gasteiger charge is -2.28. The molecule has 0 aromatic carbocycles. The summed E-state index contributed by atoms with van der Waals surface area (Å²) in [5, 5.41) is 3.21. The van der Waals surface area contributed by atoms with E-state index in [2.05, 4.69) is 31.0 Å². The van der Waals surface area contributed by atoms with Crippen molar-refractivity contribution in [2.45, 2.75) is 58.9 Å². The summed E-state index contributed by atoms with van der Waals surface area (Å²) in [6.45, 7) is 10.6. The largest absolute Gasteiger partial charge is 0.320 e. The molecule has 0 rings (SSSR count). The predicted octanol–water partition coefficient (Wildman–Crippen LogP) is 2.89. The van der Waals surface area contributed by atoms with Gasteiger partial charge < -0.3 is 10.2 Å². The monoisotopic (exact) mass is 214 g/mol. The van der Waals surface area contributed by atoms with Gasteiger partial charge in [0.05, 0.1) is 0 Å². The normalized spacial score (nSPS) is 13.4. The van der Waals surface area contributed by atoms with Crippen molar-refractivity contribution in [3.8, 4) is 0 Å². The topological polar surface area (TPSA) is 15.3 Å². The Kier molecular flexibility index (Phi) is 10.4. The summed E-state index contributed by atoms with van der Waals surface area (Å²) in [5.74, 6) is 0. The molecule has 0 radical (unpaired) electrons. The second-order valence-electron chi connectivity index (χ2n) is 4.46. The molecule has 0 bridgehead atoms. The third-order valence-electron chi connectivity index (χ3n) is 3.14. The molecule has 0 aliphatic rings. The zero-order valence-electron chi connectivity index (χ0n) is 11.2. The van der Waals surface area contributed by atoms with Crippen LogP contribution in [-0.4, -0.2) is 37.6 Å². The van der Waals surface area contributed by atoms with Crippen LogP contribution in [0.15, 0.2) is 0 Å². The van der Waals surface area contributed by atoms with Crippen molar-refractivity contribution < 1.29 is 0 Å². The summed E-state index contributed by atoms with van der Waals surface area (Å²) in [5.41, 5.74) is 0. The van der Waals surface area contributed by atoms with Crippen molar-refractivity contribution >= 4 is 0 Å². The Hall–Kier alpha value is -0.0800. The average molecular weight is 214 g/mol. The van der Waals surface area contributed by atoms with E-state index in [-0.39, 0.29) is 0 Å². The van der Waals surface area contributed by atoms with Crippen molar-refractivity contribution in [1.29, 1.82) is 0 Å². The molecule has 0 saturated heterocycles. The first-order valence-electron chi connectivity index (χ1n) is 6.64. The van der Waals surface area contributed by atoms with Crippen LogP contribution in [0.1, 0.15) is 52.9 Å². The van der Waals surface area contributed by atoms with Crippen molar-refractivity contribution in [3.05, 3.63) is 0 Å². The van der Waals surface area contributed by atoms with E-state index in [1.165, 1.54) is 45.2 Å². The number of rotatable bonds is 10. The van der Waals surface area contributed by atoms with Crippen molar-refractivity contribution in [1.82, 2.24) is 10.2 Å². The molecule has 92 valence electrons. The molecule has 2 nitrogen and oxygen atoms in total. The SMILES string of the molecule is CCCCN(CCCCNC)C(C)CC. The Morgan fingerprint density at radius 1 is 1.07 bits per heavy atom. The summed E-state index contributed by atoms with van der Waals surface area (Å²) in [6.07, 6.45) is 6.56. The fourth-order valence-electron chi connectivity index (χ4n) is 1.79. The first-order chi connectivity index (χ1) is 7.26. The lowest BCUT2D eigenvalue weighted by molar-refractivity contribution is 0.197. The Balaban J connectivity index is 3.69. The molecule has 2 heteroatoms. The van der Waals surface area contributed by atoms with Gasteiger partial charge in [0.1, 0.15) is 0 Å². The van der Waals surface area contributed by atoms with Gasteiger partial charge in [-0.1, -0.05) is 20.3 Å². The molecule has 0 amide bonds. The smallest absolute Gasteiger partial charge is 0.00643 e. The van der Waals surface area contributed by atoms with Crippen LogP contribution in [0.25, 0.3) is 0 Å². The molecule has 0 aliphatic carbocycles. The van der Waals surface area contributed by atoms with E-state index in [1.54, 1.807) is 0 Å². The Morgan fingerprint density at radius 2 is 1.73 bits per heavy atom. The summed E-state index contributed by atoms with van der Waals surface area (Å²) >= 11 is 0. The third-order valence-corrected chi connectivity index (χ3v) is 3.14. The highest BCUT2D eigenvalue weighted by atomic mass is 15.1. The third kappa shape index (κ3) is 7.80. The van der Waals surface area contributed by atoms with Gasteiger partial charge in [0, 0.05) is 6.04 Å². The molecule has 0 aromatic rings. The molecule has 0 spiro atoms. The van der Waals surface area contributed by atoms with Crippen molar-refractivity contribution in [2.75, 3.05) is 26.7 Å². The van der Waals surface area contributed by atoms with Gasteiger partial charge in [0.2, 0.25) is 0 Å². The number of hydrogen-bond acceptors (Lipinski definition) is 2. The molecular formula is C13H30N2. The van der Waals surface area contributed by atoms with Crippen LogP contribution in [0.2, 0.25) is 0 Å². The highest BCUT2D eigenvalue weighted by Crippen LogP contribution is 2.07. The molecule has 1 unspecified atom stereocenters. The number of unbranched alkanes of at least 4 members (excludes halogenated alkanes) is 2. The standard InChI is InChI=1S/C13H30N2/c1-5-7-11-15(13(3)6-2)12-9-8-10-14-4/h13-14H,5-12H2,1-4H3. The Bertz CT molecular complexity index is 126. The average Bonchev–Trinajstić information content (AvgIpc) is 2.27. The summed E-state index contributed by atoms with van der Waals surface area (Å²) in [4.78, 5) is 2.65. The highest BCUT2D eigenvalue weighted by molar-refractivity contribution is 4.65. The number of nitrogens with zero attached hydrogens (tertiary/aromatic N) is 1. The van der Waals surface area contributed by atoms with Crippen LogP contribution in [-0.2, 0) is 0 Å². The van der Waals surface area contributed by atoms with Crippen LogP contribution in [0.5, 0.6) is 0 Å². The second-order valence-corrected chi connectivity index (χ2v) is 4.46. The van der Waals surface area contributed by atoms with E-state index < -0.39 is 0 Å². The molecule has 0 aromatic heterocycles.